The Labute approximate surface area is 201 Å². The molecule has 0 bridgehead atoms. The van der Waals surface area contributed by atoms with Crippen molar-refractivity contribution in [2.24, 2.45) is 0 Å². The summed E-state index contributed by atoms with van der Waals surface area (Å²) in [6.07, 6.45) is 3.25. The summed E-state index contributed by atoms with van der Waals surface area (Å²) in [4.78, 5) is 53.7. The molecule has 35 heavy (non-hydrogen) atoms. The van der Waals surface area contributed by atoms with Gasteiger partial charge in [0.15, 0.2) is 0 Å². The number of imide groups is 2. The highest BCUT2D eigenvalue weighted by molar-refractivity contribution is 6.22. The van der Waals surface area contributed by atoms with Gasteiger partial charge in [0.2, 0.25) is 0 Å². The molecule has 2 aromatic rings. The minimum atomic E-state index is -0.370. The number of nitrogens with zero attached hydrogens (tertiary/aromatic N) is 2. The van der Waals surface area contributed by atoms with Crippen molar-refractivity contribution in [1.29, 1.82) is 0 Å². The molecule has 4 aliphatic heterocycles. The molecule has 9 heteroatoms. The second-order valence-electron chi connectivity index (χ2n) is 9.23. The zero-order valence-electron chi connectivity index (χ0n) is 19.0. The average Bonchev–Trinajstić information content (AvgIpc) is 3.65. The summed E-state index contributed by atoms with van der Waals surface area (Å²) in [5.41, 5.74) is 1.22. The van der Waals surface area contributed by atoms with Gasteiger partial charge >= 0.3 is 0 Å². The third-order valence-corrected chi connectivity index (χ3v) is 6.94. The van der Waals surface area contributed by atoms with Crippen molar-refractivity contribution >= 4 is 23.6 Å². The summed E-state index contributed by atoms with van der Waals surface area (Å²) in [7, 11) is 0. The number of hydrogen-bond acceptors (Lipinski definition) is 7. The fourth-order valence-corrected chi connectivity index (χ4v) is 5.12. The highest BCUT2D eigenvalue weighted by Gasteiger charge is 2.39. The van der Waals surface area contributed by atoms with E-state index in [-0.39, 0.29) is 60.1 Å². The van der Waals surface area contributed by atoms with Gasteiger partial charge in [-0.2, -0.15) is 0 Å². The number of carbonyl (C=O) groups excluding carboxylic acids is 4. The van der Waals surface area contributed by atoms with Crippen molar-refractivity contribution < 1.29 is 33.4 Å². The number of amides is 4. The van der Waals surface area contributed by atoms with Gasteiger partial charge in [-0.05, 0) is 62.1 Å². The number of carbonyl (C=O) groups is 4. The van der Waals surface area contributed by atoms with Crippen LogP contribution in [0.25, 0.3) is 0 Å². The zero-order valence-corrected chi connectivity index (χ0v) is 19.0. The van der Waals surface area contributed by atoms with Crippen LogP contribution in [0.15, 0.2) is 36.4 Å². The van der Waals surface area contributed by atoms with Crippen LogP contribution in [0.5, 0.6) is 11.5 Å². The third kappa shape index (κ3) is 3.81. The Bertz CT molecular complexity index is 1150. The molecular weight excluding hydrogens is 452 g/mol. The lowest BCUT2D eigenvalue weighted by molar-refractivity contribution is 0.0468. The van der Waals surface area contributed by atoms with E-state index in [2.05, 4.69) is 0 Å². The van der Waals surface area contributed by atoms with E-state index in [1.807, 2.05) is 0 Å². The quantitative estimate of drug-likeness (QED) is 0.591. The SMILES string of the molecule is O=C1c2ccc(Oc3ccc4c(c3)C(=O)N(C[C@H]3CCCO3)C4=O)cc2C(=O)N1C[C@H]1CCCO1. The minimum absolute atomic E-state index is 0.126. The molecule has 0 spiro atoms. The van der Waals surface area contributed by atoms with E-state index in [0.717, 1.165) is 25.7 Å². The maximum Gasteiger partial charge on any atom is 0.261 e. The van der Waals surface area contributed by atoms with Crippen LogP contribution in [-0.2, 0) is 9.47 Å². The van der Waals surface area contributed by atoms with Crippen molar-refractivity contribution in [3.05, 3.63) is 58.7 Å². The lowest BCUT2D eigenvalue weighted by atomic mass is 10.1. The summed E-state index contributed by atoms with van der Waals surface area (Å²) in [6, 6.07) is 9.45. The first-order chi connectivity index (χ1) is 17.0. The Balaban J connectivity index is 1.19. The standard InChI is InChI=1S/C26H24N2O7/c29-23-19-7-5-15(11-21(19)25(31)27(23)13-17-3-1-9-33-17)35-16-6-8-20-22(12-16)26(32)28(24(20)30)14-18-4-2-10-34-18/h5-8,11-12,17-18H,1-4,9-10,13-14H2/t17-,18-/m1/s1. The topological polar surface area (TPSA) is 102 Å². The summed E-state index contributed by atoms with van der Waals surface area (Å²) < 4.78 is 17.1. The first kappa shape index (κ1) is 21.9. The van der Waals surface area contributed by atoms with E-state index in [1.165, 1.54) is 21.9 Å². The van der Waals surface area contributed by atoms with Crippen LogP contribution in [0.2, 0.25) is 0 Å². The first-order valence-electron chi connectivity index (χ1n) is 11.9. The molecule has 4 heterocycles. The number of benzene rings is 2. The third-order valence-electron chi connectivity index (χ3n) is 6.94. The molecule has 180 valence electrons. The van der Waals surface area contributed by atoms with Gasteiger partial charge in [0.05, 0.1) is 47.6 Å². The van der Waals surface area contributed by atoms with Gasteiger partial charge < -0.3 is 14.2 Å². The van der Waals surface area contributed by atoms with Gasteiger partial charge in [0, 0.05) is 13.2 Å². The summed E-state index contributed by atoms with van der Waals surface area (Å²) in [5, 5.41) is 0. The number of fused-ring (bicyclic) bond motifs is 2. The van der Waals surface area contributed by atoms with Crippen molar-refractivity contribution in [1.82, 2.24) is 9.80 Å². The molecule has 2 saturated heterocycles. The van der Waals surface area contributed by atoms with Crippen LogP contribution in [0.1, 0.15) is 67.1 Å². The maximum atomic E-state index is 12.9. The smallest absolute Gasteiger partial charge is 0.261 e. The monoisotopic (exact) mass is 476 g/mol. The molecule has 0 N–H and O–H groups in total. The van der Waals surface area contributed by atoms with E-state index in [4.69, 9.17) is 14.2 Å². The summed E-state index contributed by atoms with van der Waals surface area (Å²) >= 11 is 0. The van der Waals surface area contributed by atoms with Gasteiger partial charge in [0.25, 0.3) is 23.6 Å². The van der Waals surface area contributed by atoms with E-state index in [9.17, 15) is 19.2 Å². The van der Waals surface area contributed by atoms with Crippen LogP contribution in [0, 0.1) is 0 Å². The predicted molar refractivity (Wildman–Crippen MR) is 122 cm³/mol. The van der Waals surface area contributed by atoms with Gasteiger partial charge in [0.1, 0.15) is 11.5 Å². The van der Waals surface area contributed by atoms with Gasteiger partial charge in [-0.25, -0.2) is 0 Å². The molecule has 6 rings (SSSR count). The molecular formula is C26H24N2O7. The number of ether oxygens (including phenoxy) is 3. The molecule has 0 saturated carbocycles. The fraction of sp³-hybridized carbons (Fsp3) is 0.385. The normalized spacial score (nSPS) is 23.4. The second kappa shape index (κ2) is 8.58. The highest BCUT2D eigenvalue weighted by atomic mass is 16.5. The summed E-state index contributed by atoms with van der Waals surface area (Å²) in [6.45, 7) is 1.78. The Morgan fingerprint density at radius 1 is 0.657 bits per heavy atom. The van der Waals surface area contributed by atoms with Crippen molar-refractivity contribution in [2.75, 3.05) is 26.3 Å². The van der Waals surface area contributed by atoms with Crippen LogP contribution < -0.4 is 4.74 Å². The Hall–Kier alpha value is -3.56. The fourth-order valence-electron chi connectivity index (χ4n) is 5.12. The maximum absolute atomic E-state index is 12.9. The lowest BCUT2D eigenvalue weighted by Gasteiger charge is -2.17. The van der Waals surface area contributed by atoms with Crippen LogP contribution in [-0.4, -0.2) is 71.9 Å². The van der Waals surface area contributed by atoms with Crippen molar-refractivity contribution in [3.63, 3.8) is 0 Å². The van der Waals surface area contributed by atoms with E-state index in [1.54, 1.807) is 24.3 Å². The van der Waals surface area contributed by atoms with Crippen LogP contribution >= 0.6 is 0 Å². The van der Waals surface area contributed by atoms with E-state index in [0.29, 0.717) is 35.8 Å². The molecule has 0 unspecified atom stereocenters. The van der Waals surface area contributed by atoms with Crippen LogP contribution in [0.3, 0.4) is 0 Å². The first-order valence-corrected chi connectivity index (χ1v) is 11.9. The van der Waals surface area contributed by atoms with Gasteiger partial charge in [-0.1, -0.05) is 0 Å². The molecule has 0 aliphatic carbocycles. The van der Waals surface area contributed by atoms with Crippen LogP contribution in [0.4, 0.5) is 0 Å². The molecule has 9 nitrogen and oxygen atoms in total. The molecule has 0 aromatic heterocycles. The Morgan fingerprint density at radius 3 is 1.49 bits per heavy atom. The minimum Gasteiger partial charge on any atom is -0.457 e. The summed E-state index contributed by atoms with van der Waals surface area (Å²) in [5.74, 6) is -0.690. The van der Waals surface area contributed by atoms with Crippen molar-refractivity contribution in [3.8, 4) is 11.5 Å². The average molecular weight is 476 g/mol. The zero-order chi connectivity index (χ0) is 24.1. The Morgan fingerprint density at radius 2 is 1.09 bits per heavy atom. The highest BCUT2D eigenvalue weighted by Crippen LogP contribution is 2.33. The molecule has 2 atom stereocenters. The predicted octanol–water partition coefficient (Wildman–Crippen LogP) is 3.03. The van der Waals surface area contributed by atoms with E-state index < -0.39 is 0 Å². The molecule has 0 radical (unpaired) electrons. The molecule has 2 aromatic carbocycles. The second-order valence-corrected chi connectivity index (χ2v) is 9.23. The van der Waals surface area contributed by atoms with Gasteiger partial charge in [-0.3, -0.25) is 29.0 Å². The van der Waals surface area contributed by atoms with Crippen molar-refractivity contribution in [2.45, 2.75) is 37.9 Å². The molecule has 4 amide bonds. The largest absolute Gasteiger partial charge is 0.457 e. The lowest BCUT2D eigenvalue weighted by Crippen LogP contribution is -2.36. The Kier molecular flexibility index (Phi) is 5.38. The van der Waals surface area contributed by atoms with E-state index >= 15 is 0 Å². The number of rotatable bonds is 6. The molecule has 4 aliphatic rings. The molecule has 2 fully saturated rings. The van der Waals surface area contributed by atoms with Gasteiger partial charge in [-0.15, -0.1) is 0 Å². The number of hydrogen-bond donors (Lipinski definition) is 0.